The highest BCUT2D eigenvalue weighted by molar-refractivity contribution is 5.83. The summed E-state index contributed by atoms with van der Waals surface area (Å²) < 4.78 is 11.0. The van der Waals surface area contributed by atoms with Gasteiger partial charge in [-0.1, -0.05) is 20.8 Å². The van der Waals surface area contributed by atoms with Crippen molar-refractivity contribution in [3.63, 3.8) is 0 Å². The molecule has 1 fully saturated rings. The van der Waals surface area contributed by atoms with Gasteiger partial charge in [-0.05, 0) is 12.8 Å². The molecule has 0 aromatic carbocycles. The number of aliphatic hydroxyl groups is 3. The lowest BCUT2D eigenvalue weighted by Gasteiger charge is -2.42. The van der Waals surface area contributed by atoms with Crippen LogP contribution in [0.3, 0.4) is 0 Å². The minimum atomic E-state index is -1.33. The molecule has 1 aliphatic rings. The molecule has 8 nitrogen and oxygen atoms in total. The number of hydrogen-bond donors (Lipinski definition) is 4. The van der Waals surface area contributed by atoms with Gasteiger partial charge in [-0.2, -0.15) is 0 Å². The third-order valence-electron chi connectivity index (χ3n) is 4.17. The Bertz CT molecular complexity index is 449. The van der Waals surface area contributed by atoms with Gasteiger partial charge in [0.2, 0.25) is 5.91 Å². The fourth-order valence-electron chi connectivity index (χ4n) is 2.57. The molecule has 1 saturated heterocycles. The van der Waals surface area contributed by atoms with Crippen LogP contribution in [0.15, 0.2) is 0 Å². The topological polar surface area (TPSA) is 125 Å². The fourth-order valence-corrected chi connectivity index (χ4v) is 2.57. The Balaban J connectivity index is 2.52. The Labute approximate surface area is 148 Å². The van der Waals surface area contributed by atoms with Crippen LogP contribution in [0.1, 0.15) is 47.0 Å². The molecule has 146 valence electrons. The van der Waals surface area contributed by atoms with Gasteiger partial charge in [-0.15, -0.1) is 0 Å². The average molecular weight is 361 g/mol. The van der Waals surface area contributed by atoms with Crippen molar-refractivity contribution in [2.45, 2.75) is 77.6 Å². The van der Waals surface area contributed by atoms with Crippen LogP contribution >= 0.6 is 0 Å². The van der Waals surface area contributed by atoms with Crippen LogP contribution in [0.5, 0.6) is 0 Å². The van der Waals surface area contributed by atoms with Crippen LogP contribution < -0.4 is 5.32 Å². The molecule has 25 heavy (non-hydrogen) atoms. The normalized spacial score (nSPS) is 30.1. The van der Waals surface area contributed by atoms with E-state index in [2.05, 4.69) is 5.32 Å². The number of ketones is 1. The van der Waals surface area contributed by atoms with Gasteiger partial charge in [0.1, 0.15) is 30.1 Å². The predicted molar refractivity (Wildman–Crippen MR) is 89.6 cm³/mol. The molecule has 1 heterocycles. The van der Waals surface area contributed by atoms with Crippen molar-refractivity contribution in [2.75, 3.05) is 13.2 Å². The smallest absolute Gasteiger partial charge is 0.217 e. The van der Waals surface area contributed by atoms with E-state index >= 15 is 0 Å². The van der Waals surface area contributed by atoms with E-state index in [9.17, 15) is 24.9 Å². The number of Topliss-reactive ketones (excluding diaryl/α,β-unsaturated/α-hetero) is 1. The molecular formula is C17H31NO7. The van der Waals surface area contributed by atoms with Gasteiger partial charge >= 0.3 is 0 Å². The SMILES string of the molecule is CC(=O)NC1[C@H](OCCCCC(=O)C(C)(C)C)OC(CO)[C@@H](O)[C@@H]1O. The van der Waals surface area contributed by atoms with Crippen molar-refractivity contribution in [1.82, 2.24) is 5.32 Å². The van der Waals surface area contributed by atoms with Gasteiger partial charge in [0.25, 0.3) is 0 Å². The van der Waals surface area contributed by atoms with E-state index in [1.165, 1.54) is 6.92 Å². The lowest BCUT2D eigenvalue weighted by Crippen LogP contribution is -2.64. The Morgan fingerprint density at radius 1 is 1.16 bits per heavy atom. The van der Waals surface area contributed by atoms with Gasteiger partial charge < -0.3 is 30.1 Å². The van der Waals surface area contributed by atoms with E-state index in [4.69, 9.17) is 9.47 Å². The summed E-state index contributed by atoms with van der Waals surface area (Å²) in [4.78, 5) is 23.2. The summed E-state index contributed by atoms with van der Waals surface area (Å²) in [6.07, 6.45) is -2.91. The third kappa shape index (κ3) is 6.63. The van der Waals surface area contributed by atoms with Crippen molar-refractivity contribution >= 4 is 11.7 Å². The molecule has 0 bridgehead atoms. The van der Waals surface area contributed by atoms with Crippen LogP contribution in [0.4, 0.5) is 0 Å². The van der Waals surface area contributed by atoms with E-state index in [0.29, 0.717) is 19.3 Å². The van der Waals surface area contributed by atoms with Crippen molar-refractivity contribution < 1.29 is 34.4 Å². The molecule has 4 N–H and O–H groups in total. The Hall–Kier alpha value is -1.06. The first-order valence-corrected chi connectivity index (χ1v) is 8.62. The molecule has 8 heteroatoms. The van der Waals surface area contributed by atoms with Gasteiger partial charge in [0.15, 0.2) is 6.29 Å². The first kappa shape index (κ1) is 22.0. The van der Waals surface area contributed by atoms with E-state index in [-0.39, 0.29) is 17.8 Å². The molecule has 5 atom stereocenters. The van der Waals surface area contributed by atoms with Gasteiger partial charge in [-0.25, -0.2) is 0 Å². The van der Waals surface area contributed by atoms with E-state index in [0.717, 1.165) is 0 Å². The summed E-state index contributed by atoms with van der Waals surface area (Å²) in [6, 6.07) is -0.938. The molecule has 1 amide bonds. The number of carbonyl (C=O) groups is 2. The number of rotatable bonds is 8. The van der Waals surface area contributed by atoms with Gasteiger partial charge in [0.05, 0.1) is 6.61 Å². The number of aliphatic hydroxyl groups excluding tert-OH is 3. The summed E-state index contributed by atoms with van der Waals surface area (Å²) in [5.74, 6) is -0.219. The number of hydrogen-bond acceptors (Lipinski definition) is 7. The summed E-state index contributed by atoms with van der Waals surface area (Å²) in [5, 5.41) is 31.8. The molecule has 1 rings (SSSR count). The molecule has 1 aliphatic heterocycles. The number of nitrogens with one attached hydrogen (secondary N) is 1. The fraction of sp³-hybridized carbons (Fsp3) is 0.882. The molecular weight excluding hydrogens is 330 g/mol. The zero-order valence-corrected chi connectivity index (χ0v) is 15.4. The van der Waals surface area contributed by atoms with Gasteiger partial charge in [0, 0.05) is 25.4 Å². The van der Waals surface area contributed by atoms with Crippen LogP contribution in [-0.4, -0.2) is 70.9 Å². The quantitative estimate of drug-likeness (QED) is 0.439. The Kier molecular flexibility index (Phi) is 8.43. The zero-order chi connectivity index (χ0) is 19.2. The second-order valence-corrected chi connectivity index (χ2v) is 7.43. The molecule has 0 aromatic rings. The van der Waals surface area contributed by atoms with Crippen molar-refractivity contribution in [3.8, 4) is 0 Å². The van der Waals surface area contributed by atoms with E-state index in [1.54, 1.807) is 0 Å². The van der Waals surface area contributed by atoms with Crippen LogP contribution in [0, 0.1) is 5.41 Å². The van der Waals surface area contributed by atoms with Gasteiger partial charge in [-0.3, -0.25) is 9.59 Å². The first-order chi connectivity index (χ1) is 11.6. The van der Waals surface area contributed by atoms with Crippen molar-refractivity contribution in [3.05, 3.63) is 0 Å². The maximum Gasteiger partial charge on any atom is 0.217 e. The lowest BCUT2D eigenvalue weighted by molar-refractivity contribution is -0.270. The molecule has 0 radical (unpaired) electrons. The maximum absolute atomic E-state index is 11.9. The van der Waals surface area contributed by atoms with Crippen LogP contribution in [0.2, 0.25) is 0 Å². The van der Waals surface area contributed by atoms with Crippen molar-refractivity contribution in [2.24, 2.45) is 5.41 Å². The summed E-state index contributed by atoms with van der Waals surface area (Å²) in [5.41, 5.74) is -0.363. The Morgan fingerprint density at radius 2 is 1.80 bits per heavy atom. The largest absolute Gasteiger partial charge is 0.394 e. The highest BCUT2D eigenvalue weighted by Gasteiger charge is 2.45. The van der Waals surface area contributed by atoms with E-state index in [1.807, 2.05) is 20.8 Å². The monoisotopic (exact) mass is 361 g/mol. The second-order valence-electron chi connectivity index (χ2n) is 7.43. The summed E-state index contributed by atoms with van der Waals surface area (Å²) in [7, 11) is 0. The number of unbranched alkanes of at least 4 members (excludes halogenated alkanes) is 1. The standard InChI is InChI=1S/C17H31NO7/c1-10(20)18-13-15(23)14(22)11(9-19)25-16(13)24-8-6-5-7-12(21)17(2,3)4/h11,13-16,19,22-23H,5-9H2,1-4H3,(H,18,20)/t11?,13?,14-,15-,16-/m1/s1. The highest BCUT2D eigenvalue weighted by atomic mass is 16.7. The molecule has 0 spiro atoms. The van der Waals surface area contributed by atoms with Crippen LogP contribution in [0.25, 0.3) is 0 Å². The first-order valence-electron chi connectivity index (χ1n) is 8.62. The van der Waals surface area contributed by atoms with Crippen molar-refractivity contribution in [1.29, 1.82) is 0 Å². The van der Waals surface area contributed by atoms with E-state index < -0.39 is 43.2 Å². The molecule has 0 aliphatic carbocycles. The molecule has 0 saturated carbocycles. The lowest BCUT2D eigenvalue weighted by atomic mass is 9.88. The van der Waals surface area contributed by atoms with Crippen LogP contribution in [-0.2, 0) is 19.1 Å². The second kappa shape index (κ2) is 9.59. The Morgan fingerprint density at radius 3 is 2.32 bits per heavy atom. The number of amides is 1. The number of ether oxygens (including phenoxy) is 2. The average Bonchev–Trinajstić information content (AvgIpc) is 2.51. The molecule has 2 unspecified atom stereocenters. The minimum absolute atomic E-state index is 0.177. The third-order valence-corrected chi connectivity index (χ3v) is 4.17. The predicted octanol–water partition coefficient (Wildman–Crippen LogP) is -0.268. The number of carbonyl (C=O) groups excluding carboxylic acids is 2. The molecule has 0 aromatic heterocycles. The highest BCUT2D eigenvalue weighted by Crippen LogP contribution is 2.23. The summed E-state index contributed by atoms with van der Waals surface area (Å²) in [6.45, 7) is 6.70. The maximum atomic E-state index is 11.9. The zero-order valence-electron chi connectivity index (χ0n) is 15.4. The summed E-state index contributed by atoms with van der Waals surface area (Å²) >= 11 is 0. The minimum Gasteiger partial charge on any atom is -0.394 e.